The van der Waals surface area contributed by atoms with Crippen LogP contribution >= 0.6 is 0 Å². The van der Waals surface area contributed by atoms with Crippen molar-refractivity contribution in [1.29, 1.82) is 0 Å². The molecule has 1 aliphatic heterocycles. The van der Waals surface area contributed by atoms with Crippen molar-refractivity contribution in [3.05, 3.63) is 54.1 Å². The van der Waals surface area contributed by atoms with Gasteiger partial charge in [0.1, 0.15) is 0 Å². The average Bonchev–Trinajstić information content (AvgIpc) is 2.67. The molecule has 7 heteroatoms. The summed E-state index contributed by atoms with van der Waals surface area (Å²) < 4.78 is 0. The van der Waals surface area contributed by atoms with Crippen LogP contribution in [0.4, 0.5) is 5.69 Å². The fourth-order valence-corrected chi connectivity index (χ4v) is 3.09. The zero-order valence-electron chi connectivity index (χ0n) is 14.4. The number of carboxylic acid groups (broad SMARTS) is 1. The molecule has 0 atom stereocenters. The number of carbonyl (C=O) groups is 1. The maximum atomic E-state index is 10.8. The Kier molecular flexibility index (Phi) is 5.83. The fraction of sp³-hybridized carbons (Fsp3) is 0.263. The average molecular weight is 354 g/mol. The number of rotatable bonds is 6. The summed E-state index contributed by atoms with van der Waals surface area (Å²) in [7, 11) is 0. The van der Waals surface area contributed by atoms with E-state index in [1.54, 1.807) is 5.59 Å². The second kappa shape index (κ2) is 8.46. The number of carboxylic acids is 1. The molecule has 0 aliphatic carbocycles. The van der Waals surface area contributed by atoms with Crippen molar-refractivity contribution in [2.75, 3.05) is 37.6 Å². The minimum absolute atomic E-state index is 0.113. The maximum Gasteiger partial charge on any atom is 0.317 e. The smallest absolute Gasteiger partial charge is 0.317 e. The first-order chi connectivity index (χ1) is 12.7. The van der Waals surface area contributed by atoms with Crippen molar-refractivity contribution in [2.24, 2.45) is 5.10 Å². The Morgan fingerprint density at radius 3 is 2.12 bits per heavy atom. The summed E-state index contributed by atoms with van der Waals surface area (Å²) in [5.74, 6) is -0.771. The van der Waals surface area contributed by atoms with Gasteiger partial charge in [0.2, 0.25) is 0 Å². The molecule has 26 heavy (non-hydrogen) atoms. The summed E-state index contributed by atoms with van der Waals surface area (Å²) in [5.41, 5.74) is 6.03. The van der Waals surface area contributed by atoms with Crippen molar-refractivity contribution >= 4 is 17.9 Å². The van der Waals surface area contributed by atoms with Crippen molar-refractivity contribution in [1.82, 2.24) is 10.5 Å². The number of aliphatic carboxylic acids is 1. The number of benzene rings is 2. The predicted octanol–water partition coefficient (Wildman–Crippen LogP) is 1.87. The molecule has 0 bridgehead atoms. The topological polar surface area (TPSA) is 88.4 Å². The maximum absolute atomic E-state index is 10.8. The minimum Gasteiger partial charge on any atom is -0.480 e. The van der Waals surface area contributed by atoms with Gasteiger partial charge < -0.3 is 10.0 Å². The Hall–Kier alpha value is -2.90. The van der Waals surface area contributed by atoms with E-state index in [2.05, 4.69) is 34.3 Å². The van der Waals surface area contributed by atoms with Crippen molar-refractivity contribution in [3.63, 3.8) is 0 Å². The van der Waals surface area contributed by atoms with E-state index in [1.165, 1.54) is 6.21 Å². The van der Waals surface area contributed by atoms with E-state index in [4.69, 9.17) is 10.3 Å². The lowest BCUT2D eigenvalue weighted by Crippen LogP contribution is -2.47. The van der Waals surface area contributed by atoms with Gasteiger partial charge in [-0.3, -0.25) is 14.9 Å². The SMILES string of the molecule is O=C(O)CN1CCN(c2ccc(-c3ccc(C=NNO)cc3)cc2)CC1. The number of piperazine rings is 1. The van der Waals surface area contributed by atoms with Gasteiger partial charge in [-0.1, -0.05) is 36.4 Å². The summed E-state index contributed by atoms with van der Waals surface area (Å²) in [4.78, 5) is 15.0. The zero-order valence-corrected chi connectivity index (χ0v) is 14.4. The van der Waals surface area contributed by atoms with Gasteiger partial charge in [0.05, 0.1) is 12.8 Å². The number of anilines is 1. The Balaban J connectivity index is 1.62. The first kappa shape index (κ1) is 17.9. The molecule has 0 saturated carbocycles. The van der Waals surface area contributed by atoms with Crippen molar-refractivity contribution < 1.29 is 15.1 Å². The number of nitrogens with zero attached hydrogens (tertiary/aromatic N) is 3. The molecule has 2 aromatic carbocycles. The van der Waals surface area contributed by atoms with Crippen LogP contribution in [0.3, 0.4) is 0 Å². The van der Waals surface area contributed by atoms with Crippen LogP contribution < -0.4 is 10.5 Å². The highest BCUT2D eigenvalue weighted by Crippen LogP contribution is 2.24. The highest BCUT2D eigenvalue weighted by molar-refractivity contribution is 5.80. The van der Waals surface area contributed by atoms with Crippen LogP contribution in [0, 0.1) is 0 Å². The second-order valence-electron chi connectivity index (χ2n) is 6.18. The molecule has 1 fully saturated rings. The standard InChI is InChI=1S/C19H22N4O3/c24-19(25)14-22-9-11-23(12-10-22)18-7-5-17(6-8-18)16-3-1-15(2-4-16)13-20-21-26/h1-8,13,21,26H,9-12,14H2,(H,24,25). The zero-order chi connectivity index (χ0) is 18.4. The molecular formula is C19H22N4O3. The first-order valence-corrected chi connectivity index (χ1v) is 8.47. The normalized spacial score (nSPS) is 15.3. The minimum atomic E-state index is -0.771. The van der Waals surface area contributed by atoms with Gasteiger partial charge in [-0.2, -0.15) is 10.7 Å². The van der Waals surface area contributed by atoms with Crippen LogP contribution in [0.1, 0.15) is 5.56 Å². The number of nitrogens with one attached hydrogen (secondary N) is 1. The number of hydrazone groups is 1. The van der Waals surface area contributed by atoms with Gasteiger partial charge in [-0.05, 0) is 28.8 Å². The van der Waals surface area contributed by atoms with Gasteiger partial charge in [0, 0.05) is 31.9 Å². The molecule has 3 rings (SSSR count). The summed E-state index contributed by atoms with van der Waals surface area (Å²) in [6.45, 7) is 3.31. The Bertz CT molecular complexity index is 751. The molecule has 3 N–H and O–H groups in total. The highest BCUT2D eigenvalue weighted by Gasteiger charge is 2.18. The van der Waals surface area contributed by atoms with Gasteiger partial charge >= 0.3 is 5.97 Å². The molecule has 0 amide bonds. The Labute approximate surface area is 152 Å². The lowest BCUT2D eigenvalue weighted by molar-refractivity contribution is -0.138. The first-order valence-electron chi connectivity index (χ1n) is 8.47. The summed E-state index contributed by atoms with van der Waals surface area (Å²) in [5, 5.41) is 20.9. The van der Waals surface area contributed by atoms with E-state index in [1.807, 2.05) is 29.2 Å². The molecule has 7 nitrogen and oxygen atoms in total. The van der Waals surface area contributed by atoms with Crippen molar-refractivity contribution in [3.8, 4) is 11.1 Å². The van der Waals surface area contributed by atoms with Crippen molar-refractivity contribution in [2.45, 2.75) is 0 Å². The quantitative estimate of drug-likeness (QED) is 0.542. The van der Waals surface area contributed by atoms with Crippen LogP contribution in [0.2, 0.25) is 0 Å². The van der Waals surface area contributed by atoms with E-state index >= 15 is 0 Å². The third kappa shape index (κ3) is 4.59. The van der Waals surface area contributed by atoms with Crippen LogP contribution in [0.15, 0.2) is 53.6 Å². The predicted molar refractivity (Wildman–Crippen MR) is 101 cm³/mol. The fourth-order valence-electron chi connectivity index (χ4n) is 3.09. The molecule has 2 aromatic rings. The number of hydrogen-bond acceptors (Lipinski definition) is 6. The Morgan fingerprint density at radius 2 is 1.58 bits per heavy atom. The van der Waals surface area contributed by atoms with E-state index in [9.17, 15) is 4.79 Å². The molecule has 1 aliphatic rings. The van der Waals surface area contributed by atoms with Gasteiger partial charge in [-0.25, -0.2) is 0 Å². The monoisotopic (exact) mass is 354 g/mol. The third-order valence-corrected chi connectivity index (χ3v) is 4.48. The number of hydrogen-bond donors (Lipinski definition) is 3. The van der Waals surface area contributed by atoms with Gasteiger partial charge in [-0.15, -0.1) is 0 Å². The summed E-state index contributed by atoms with van der Waals surface area (Å²) >= 11 is 0. The molecule has 1 heterocycles. The van der Waals surface area contributed by atoms with E-state index in [0.29, 0.717) is 0 Å². The van der Waals surface area contributed by atoms with E-state index in [-0.39, 0.29) is 6.54 Å². The van der Waals surface area contributed by atoms with Crippen LogP contribution in [0.25, 0.3) is 11.1 Å². The Morgan fingerprint density at radius 1 is 1.00 bits per heavy atom. The molecule has 0 spiro atoms. The summed E-state index contributed by atoms with van der Waals surface area (Å²) in [6.07, 6.45) is 1.54. The second-order valence-corrected chi connectivity index (χ2v) is 6.18. The highest BCUT2D eigenvalue weighted by atomic mass is 16.5. The van der Waals surface area contributed by atoms with Gasteiger partial charge in [0.25, 0.3) is 0 Å². The lowest BCUT2D eigenvalue weighted by atomic mass is 10.0. The third-order valence-electron chi connectivity index (χ3n) is 4.48. The van der Waals surface area contributed by atoms with E-state index in [0.717, 1.165) is 48.6 Å². The van der Waals surface area contributed by atoms with Crippen LogP contribution in [0.5, 0.6) is 0 Å². The molecule has 0 unspecified atom stereocenters. The lowest BCUT2D eigenvalue weighted by Gasteiger charge is -2.35. The van der Waals surface area contributed by atoms with Crippen LogP contribution in [-0.2, 0) is 4.79 Å². The molecule has 136 valence electrons. The van der Waals surface area contributed by atoms with E-state index < -0.39 is 5.97 Å². The molecule has 0 radical (unpaired) electrons. The molecule has 0 aromatic heterocycles. The van der Waals surface area contributed by atoms with Gasteiger partial charge in [0.15, 0.2) is 0 Å². The molecular weight excluding hydrogens is 332 g/mol. The van der Waals surface area contributed by atoms with Crippen LogP contribution in [-0.4, -0.2) is 60.1 Å². The summed E-state index contributed by atoms with van der Waals surface area (Å²) in [6, 6.07) is 16.3. The largest absolute Gasteiger partial charge is 0.480 e. The molecule has 1 saturated heterocycles.